The van der Waals surface area contributed by atoms with E-state index in [1.165, 1.54) is 6.92 Å². The maximum absolute atomic E-state index is 12.7. The van der Waals surface area contributed by atoms with Crippen LogP contribution in [0.4, 0.5) is 4.39 Å². The van der Waals surface area contributed by atoms with E-state index in [2.05, 4.69) is 4.74 Å². The van der Waals surface area contributed by atoms with Crippen LogP contribution in [0.3, 0.4) is 0 Å². The van der Waals surface area contributed by atoms with Gasteiger partial charge in [0.05, 0.1) is 6.61 Å². The zero-order chi connectivity index (χ0) is 9.07. The number of hydrogen-bond donors (Lipinski definition) is 1. The molecule has 0 saturated carbocycles. The first kappa shape index (κ1) is 9.87. The lowest BCUT2D eigenvalue weighted by atomic mass is 10.1. The number of rotatable bonds is 3. The van der Waals surface area contributed by atoms with Crippen molar-refractivity contribution >= 4 is 11.9 Å². The molecule has 0 bridgehead atoms. The van der Waals surface area contributed by atoms with Crippen molar-refractivity contribution < 1.29 is 23.8 Å². The summed E-state index contributed by atoms with van der Waals surface area (Å²) in [7, 11) is 0. The van der Waals surface area contributed by atoms with Crippen LogP contribution in [0, 0.1) is 0 Å². The van der Waals surface area contributed by atoms with E-state index in [0.29, 0.717) is 6.92 Å². The molecule has 0 aliphatic carbocycles. The Hall–Kier alpha value is -1.13. The maximum Gasteiger partial charge on any atom is 0.355 e. The normalized spacial score (nSPS) is 15.2. The minimum atomic E-state index is -2.93. The fourth-order valence-electron chi connectivity index (χ4n) is 0.354. The van der Waals surface area contributed by atoms with E-state index in [4.69, 9.17) is 5.11 Å². The van der Waals surface area contributed by atoms with Gasteiger partial charge in [-0.1, -0.05) is 0 Å². The van der Waals surface area contributed by atoms with Crippen LogP contribution in [0.25, 0.3) is 0 Å². The number of carbonyl (C=O) groups is 2. The van der Waals surface area contributed by atoms with E-state index in [-0.39, 0.29) is 6.61 Å². The molecule has 1 N–H and O–H groups in total. The van der Waals surface area contributed by atoms with Crippen molar-refractivity contribution in [2.24, 2.45) is 0 Å². The number of esters is 1. The maximum atomic E-state index is 12.7. The molecule has 0 saturated heterocycles. The van der Waals surface area contributed by atoms with Crippen LogP contribution in [-0.4, -0.2) is 29.3 Å². The van der Waals surface area contributed by atoms with Crippen molar-refractivity contribution in [2.75, 3.05) is 6.61 Å². The molecule has 1 atom stereocenters. The minimum Gasteiger partial charge on any atom is -0.478 e. The molecule has 0 unspecified atom stereocenters. The van der Waals surface area contributed by atoms with Crippen LogP contribution in [0.2, 0.25) is 0 Å². The second-order valence-corrected chi connectivity index (χ2v) is 2.03. The molecule has 0 fully saturated rings. The fraction of sp³-hybridized carbons (Fsp3) is 0.667. The van der Waals surface area contributed by atoms with Crippen molar-refractivity contribution in [1.82, 2.24) is 0 Å². The van der Waals surface area contributed by atoms with E-state index in [1.807, 2.05) is 0 Å². The van der Waals surface area contributed by atoms with Crippen LogP contribution >= 0.6 is 0 Å². The van der Waals surface area contributed by atoms with Gasteiger partial charge in [-0.05, 0) is 13.8 Å². The Balaban J connectivity index is 4.30. The first-order valence-electron chi connectivity index (χ1n) is 3.02. The Morgan fingerprint density at radius 1 is 1.64 bits per heavy atom. The van der Waals surface area contributed by atoms with E-state index < -0.39 is 17.6 Å². The fourth-order valence-corrected chi connectivity index (χ4v) is 0.354. The van der Waals surface area contributed by atoms with E-state index in [0.717, 1.165) is 0 Å². The van der Waals surface area contributed by atoms with E-state index >= 15 is 0 Å². The van der Waals surface area contributed by atoms with Crippen molar-refractivity contribution in [3.05, 3.63) is 0 Å². The number of alkyl halides is 1. The molecule has 5 heteroatoms. The van der Waals surface area contributed by atoms with Gasteiger partial charge in [-0.3, -0.25) is 0 Å². The van der Waals surface area contributed by atoms with Crippen molar-refractivity contribution in [2.45, 2.75) is 19.5 Å². The van der Waals surface area contributed by atoms with Gasteiger partial charge in [0, 0.05) is 0 Å². The molecule has 64 valence electrons. The molecule has 0 aromatic heterocycles. The summed E-state index contributed by atoms with van der Waals surface area (Å²) in [4.78, 5) is 20.6. The summed E-state index contributed by atoms with van der Waals surface area (Å²) >= 11 is 0. The Kier molecular flexibility index (Phi) is 2.98. The molecule has 0 aromatic carbocycles. The summed E-state index contributed by atoms with van der Waals surface area (Å²) in [5, 5.41) is 8.16. The van der Waals surface area contributed by atoms with Crippen molar-refractivity contribution in [3.8, 4) is 0 Å². The highest BCUT2D eigenvalue weighted by molar-refractivity contribution is 6.01. The predicted octanol–water partition coefficient (Wildman–Crippen LogP) is 0.362. The second kappa shape index (κ2) is 3.32. The number of halogens is 1. The van der Waals surface area contributed by atoms with Gasteiger partial charge in [0.15, 0.2) is 0 Å². The summed E-state index contributed by atoms with van der Waals surface area (Å²) < 4.78 is 16.9. The number of carboxylic acid groups (broad SMARTS) is 1. The van der Waals surface area contributed by atoms with Gasteiger partial charge in [-0.25, -0.2) is 14.0 Å². The number of carbonyl (C=O) groups excluding carboxylic acids is 1. The van der Waals surface area contributed by atoms with Crippen LogP contribution in [0.5, 0.6) is 0 Å². The summed E-state index contributed by atoms with van der Waals surface area (Å²) in [6, 6.07) is 0. The van der Waals surface area contributed by atoms with E-state index in [1.54, 1.807) is 0 Å². The van der Waals surface area contributed by atoms with E-state index in [9.17, 15) is 14.0 Å². The van der Waals surface area contributed by atoms with Crippen LogP contribution in [0.1, 0.15) is 13.8 Å². The number of carboxylic acids is 1. The Morgan fingerprint density at radius 3 is 2.36 bits per heavy atom. The monoisotopic (exact) mass is 164 g/mol. The predicted molar refractivity (Wildman–Crippen MR) is 33.8 cm³/mol. The lowest BCUT2D eigenvalue weighted by Gasteiger charge is -2.12. The summed E-state index contributed by atoms with van der Waals surface area (Å²) in [5.74, 6) is -3.21. The van der Waals surface area contributed by atoms with Gasteiger partial charge in [0.1, 0.15) is 0 Å². The van der Waals surface area contributed by atoms with Gasteiger partial charge in [-0.15, -0.1) is 0 Å². The summed E-state index contributed by atoms with van der Waals surface area (Å²) in [6.07, 6.45) is 0. The SMILES string of the molecule is CCOC(=O)[C@](C)(F)C(=O)O. The standard InChI is InChI=1S/C6H9FO4/c1-3-11-5(10)6(2,7)4(8)9/h3H2,1-2H3,(H,8,9)/t6-/m1/s1. The molecule has 0 heterocycles. The smallest absolute Gasteiger partial charge is 0.355 e. The Morgan fingerprint density at radius 2 is 2.09 bits per heavy atom. The third-order valence-electron chi connectivity index (χ3n) is 1.06. The lowest BCUT2D eigenvalue weighted by Crippen LogP contribution is -2.40. The molecule has 0 aromatic rings. The summed E-state index contributed by atoms with van der Waals surface area (Å²) in [5.41, 5.74) is -2.93. The minimum absolute atomic E-state index is 0.0361. The second-order valence-electron chi connectivity index (χ2n) is 2.03. The van der Waals surface area contributed by atoms with Gasteiger partial charge >= 0.3 is 11.9 Å². The van der Waals surface area contributed by atoms with Crippen LogP contribution in [0.15, 0.2) is 0 Å². The first-order chi connectivity index (χ1) is 4.92. The first-order valence-corrected chi connectivity index (χ1v) is 3.02. The highest BCUT2D eigenvalue weighted by Crippen LogP contribution is 2.12. The van der Waals surface area contributed by atoms with Gasteiger partial charge in [-0.2, -0.15) is 0 Å². The highest BCUT2D eigenvalue weighted by Gasteiger charge is 2.43. The third-order valence-corrected chi connectivity index (χ3v) is 1.06. The van der Waals surface area contributed by atoms with Gasteiger partial charge in [0.2, 0.25) is 0 Å². The molecule has 0 radical (unpaired) electrons. The van der Waals surface area contributed by atoms with Crippen LogP contribution < -0.4 is 0 Å². The molecular formula is C6H9FO4. The number of hydrogen-bond acceptors (Lipinski definition) is 3. The summed E-state index contributed by atoms with van der Waals surface area (Å²) in [6.45, 7) is 2.08. The zero-order valence-electron chi connectivity index (χ0n) is 6.26. The molecule has 0 amide bonds. The Labute approximate surface area is 63.0 Å². The zero-order valence-corrected chi connectivity index (χ0v) is 6.26. The quantitative estimate of drug-likeness (QED) is 0.483. The highest BCUT2D eigenvalue weighted by atomic mass is 19.1. The molecule has 0 rings (SSSR count). The molecule has 11 heavy (non-hydrogen) atoms. The molecular weight excluding hydrogens is 155 g/mol. The Bertz CT molecular complexity index is 175. The van der Waals surface area contributed by atoms with Gasteiger partial charge in [0.25, 0.3) is 5.67 Å². The molecule has 0 aliphatic rings. The van der Waals surface area contributed by atoms with Crippen LogP contribution in [-0.2, 0) is 14.3 Å². The molecule has 0 spiro atoms. The number of aliphatic carboxylic acids is 1. The largest absolute Gasteiger partial charge is 0.478 e. The average Bonchev–Trinajstić information content (AvgIpc) is 1.88. The molecule has 0 aliphatic heterocycles. The third kappa shape index (κ3) is 2.18. The van der Waals surface area contributed by atoms with Crippen molar-refractivity contribution in [1.29, 1.82) is 0 Å². The molecule has 4 nitrogen and oxygen atoms in total. The van der Waals surface area contributed by atoms with Gasteiger partial charge < -0.3 is 9.84 Å². The lowest BCUT2D eigenvalue weighted by molar-refractivity contribution is -0.169. The number of ether oxygens (including phenoxy) is 1. The topological polar surface area (TPSA) is 63.6 Å². The van der Waals surface area contributed by atoms with Crippen molar-refractivity contribution in [3.63, 3.8) is 0 Å². The average molecular weight is 164 g/mol.